The number of aliphatic carboxylic acids is 1. The predicted octanol–water partition coefficient (Wildman–Crippen LogP) is 2.27. The van der Waals surface area contributed by atoms with Crippen molar-refractivity contribution in [2.75, 3.05) is 6.61 Å². The Labute approximate surface area is 114 Å². The van der Waals surface area contributed by atoms with E-state index in [0.29, 0.717) is 6.42 Å². The van der Waals surface area contributed by atoms with E-state index in [9.17, 15) is 4.79 Å². The van der Waals surface area contributed by atoms with Crippen LogP contribution in [0.25, 0.3) is 0 Å². The van der Waals surface area contributed by atoms with Gasteiger partial charge in [0.25, 0.3) is 6.29 Å². The second-order valence-electron chi connectivity index (χ2n) is 3.59. The highest BCUT2D eigenvalue weighted by Crippen LogP contribution is 1.95. The minimum absolute atomic E-state index is 0.211. The lowest BCUT2D eigenvalue weighted by Crippen LogP contribution is -2.23. The molecule has 19 heavy (non-hydrogen) atoms. The van der Waals surface area contributed by atoms with Gasteiger partial charge in [-0.05, 0) is 31.4 Å². The molecule has 0 aliphatic carbocycles. The van der Waals surface area contributed by atoms with E-state index in [-0.39, 0.29) is 6.61 Å². The Bertz CT molecular complexity index is 383. The SMILES string of the molecule is CCC=CC#CC=CC=CCCCOC(O)C(=O)O. The van der Waals surface area contributed by atoms with Gasteiger partial charge in [0.2, 0.25) is 0 Å². The normalized spacial score (nSPS) is 12.9. The number of rotatable bonds is 8. The van der Waals surface area contributed by atoms with Crippen LogP contribution in [0.4, 0.5) is 0 Å². The van der Waals surface area contributed by atoms with Gasteiger partial charge in [-0.15, -0.1) is 0 Å². The van der Waals surface area contributed by atoms with E-state index in [1.807, 2.05) is 30.4 Å². The van der Waals surface area contributed by atoms with Gasteiger partial charge < -0.3 is 14.9 Å². The smallest absolute Gasteiger partial charge is 0.360 e. The third-order valence-corrected chi connectivity index (χ3v) is 1.95. The number of carbonyl (C=O) groups is 1. The van der Waals surface area contributed by atoms with Crippen LogP contribution in [0, 0.1) is 11.8 Å². The molecule has 0 aliphatic heterocycles. The van der Waals surface area contributed by atoms with Crippen molar-refractivity contribution >= 4 is 5.97 Å². The molecule has 0 aliphatic rings. The van der Waals surface area contributed by atoms with Gasteiger partial charge in [0.1, 0.15) is 0 Å². The topological polar surface area (TPSA) is 66.8 Å². The van der Waals surface area contributed by atoms with E-state index in [4.69, 9.17) is 10.2 Å². The van der Waals surface area contributed by atoms with Crippen LogP contribution in [0.15, 0.2) is 36.5 Å². The molecule has 0 spiro atoms. The van der Waals surface area contributed by atoms with E-state index in [1.54, 1.807) is 6.08 Å². The van der Waals surface area contributed by atoms with Crippen molar-refractivity contribution in [3.05, 3.63) is 36.5 Å². The van der Waals surface area contributed by atoms with Crippen molar-refractivity contribution in [1.29, 1.82) is 0 Å². The summed E-state index contributed by atoms with van der Waals surface area (Å²) in [6, 6.07) is 0. The lowest BCUT2D eigenvalue weighted by Gasteiger charge is -2.05. The molecule has 1 atom stereocenters. The number of carboxylic acid groups (broad SMARTS) is 1. The first-order valence-electron chi connectivity index (χ1n) is 6.18. The summed E-state index contributed by atoms with van der Waals surface area (Å²) < 4.78 is 4.66. The van der Waals surface area contributed by atoms with Crippen LogP contribution in [0.1, 0.15) is 26.2 Å². The quantitative estimate of drug-likeness (QED) is 0.305. The van der Waals surface area contributed by atoms with E-state index >= 15 is 0 Å². The molecular weight excluding hydrogens is 244 g/mol. The summed E-state index contributed by atoms with van der Waals surface area (Å²) in [7, 11) is 0. The van der Waals surface area contributed by atoms with Crippen LogP contribution in [0.3, 0.4) is 0 Å². The standard InChI is InChI=1S/C15H20O4/c1-2-3-4-5-6-7-8-9-10-11-12-13-19-15(18)14(16)17/h3-4,7-10,15,18H,2,11-13H2,1H3,(H,16,17). The molecule has 0 amide bonds. The van der Waals surface area contributed by atoms with Crippen molar-refractivity contribution in [2.24, 2.45) is 0 Å². The number of ether oxygens (including phenoxy) is 1. The maximum Gasteiger partial charge on any atom is 0.360 e. The van der Waals surface area contributed by atoms with Crippen molar-refractivity contribution in [3.63, 3.8) is 0 Å². The number of aliphatic hydroxyl groups is 1. The number of aliphatic hydroxyl groups excluding tert-OH is 1. The summed E-state index contributed by atoms with van der Waals surface area (Å²) in [5.41, 5.74) is 0. The Morgan fingerprint density at radius 2 is 2.00 bits per heavy atom. The fourth-order valence-electron chi connectivity index (χ4n) is 1.02. The Kier molecular flexibility index (Phi) is 11.4. The Morgan fingerprint density at radius 3 is 2.68 bits per heavy atom. The van der Waals surface area contributed by atoms with Gasteiger partial charge in [0, 0.05) is 0 Å². The highest BCUT2D eigenvalue weighted by Gasteiger charge is 2.11. The van der Waals surface area contributed by atoms with Crippen LogP contribution >= 0.6 is 0 Å². The van der Waals surface area contributed by atoms with Crippen LogP contribution in [-0.4, -0.2) is 29.1 Å². The second kappa shape index (κ2) is 12.6. The van der Waals surface area contributed by atoms with Crippen LogP contribution < -0.4 is 0 Å². The average Bonchev–Trinajstić information content (AvgIpc) is 2.39. The molecule has 0 aromatic heterocycles. The molecule has 104 valence electrons. The maximum atomic E-state index is 10.2. The van der Waals surface area contributed by atoms with E-state index in [0.717, 1.165) is 12.8 Å². The number of carboxylic acids is 1. The third kappa shape index (κ3) is 12.4. The largest absolute Gasteiger partial charge is 0.477 e. The molecule has 4 nitrogen and oxygen atoms in total. The predicted molar refractivity (Wildman–Crippen MR) is 74.3 cm³/mol. The minimum Gasteiger partial charge on any atom is -0.477 e. The molecule has 1 unspecified atom stereocenters. The number of hydrogen-bond acceptors (Lipinski definition) is 3. The van der Waals surface area contributed by atoms with E-state index in [1.165, 1.54) is 0 Å². The van der Waals surface area contributed by atoms with Gasteiger partial charge in [-0.3, -0.25) is 0 Å². The Morgan fingerprint density at radius 1 is 1.26 bits per heavy atom. The number of allylic oxidation sites excluding steroid dienone is 6. The van der Waals surface area contributed by atoms with Gasteiger partial charge in [0.15, 0.2) is 0 Å². The summed E-state index contributed by atoms with van der Waals surface area (Å²) >= 11 is 0. The lowest BCUT2D eigenvalue weighted by molar-refractivity contribution is -0.176. The summed E-state index contributed by atoms with van der Waals surface area (Å²) in [6.07, 6.45) is 11.8. The van der Waals surface area contributed by atoms with Gasteiger partial charge in [-0.2, -0.15) is 0 Å². The summed E-state index contributed by atoms with van der Waals surface area (Å²) in [6.45, 7) is 2.26. The van der Waals surface area contributed by atoms with Gasteiger partial charge >= 0.3 is 5.97 Å². The zero-order valence-corrected chi connectivity index (χ0v) is 11.1. The van der Waals surface area contributed by atoms with Crippen LogP contribution in [0.5, 0.6) is 0 Å². The minimum atomic E-state index is -1.73. The van der Waals surface area contributed by atoms with Gasteiger partial charge in [0.05, 0.1) is 6.61 Å². The first-order chi connectivity index (χ1) is 9.18. The first-order valence-corrected chi connectivity index (χ1v) is 6.18. The molecule has 0 saturated heterocycles. The van der Waals surface area contributed by atoms with Crippen molar-refractivity contribution in [3.8, 4) is 11.8 Å². The zero-order chi connectivity index (χ0) is 14.3. The molecule has 4 heteroatoms. The molecule has 2 N–H and O–H groups in total. The van der Waals surface area contributed by atoms with Crippen LogP contribution in [0.2, 0.25) is 0 Å². The Hall–Kier alpha value is -1.83. The second-order valence-corrected chi connectivity index (χ2v) is 3.59. The van der Waals surface area contributed by atoms with E-state index < -0.39 is 12.3 Å². The summed E-state index contributed by atoms with van der Waals surface area (Å²) in [5.74, 6) is 4.36. The van der Waals surface area contributed by atoms with Gasteiger partial charge in [-0.1, -0.05) is 43.1 Å². The third-order valence-electron chi connectivity index (χ3n) is 1.95. The average molecular weight is 264 g/mol. The molecule has 0 radical (unpaired) electrons. The fourth-order valence-corrected chi connectivity index (χ4v) is 1.02. The number of hydrogen-bond donors (Lipinski definition) is 2. The highest BCUT2D eigenvalue weighted by molar-refractivity contribution is 5.70. The maximum absolute atomic E-state index is 10.2. The van der Waals surface area contributed by atoms with Gasteiger partial charge in [-0.25, -0.2) is 4.79 Å². The fraction of sp³-hybridized carbons (Fsp3) is 0.400. The number of unbranched alkanes of at least 4 members (excludes halogenated alkanes) is 1. The highest BCUT2D eigenvalue weighted by atomic mass is 16.6. The molecule has 0 saturated carbocycles. The summed E-state index contributed by atoms with van der Waals surface area (Å²) in [5, 5.41) is 17.2. The molecule has 0 aromatic carbocycles. The molecule has 0 aromatic rings. The molecule has 0 fully saturated rings. The van der Waals surface area contributed by atoms with Crippen molar-refractivity contribution in [1.82, 2.24) is 0 Å². The van der Waals surface area contributed by atoms with Crippen molar-refractivity contribution in [2.45, 2.75) is 32.5 Å². The summed E-state index contributed by atoms with van der Waals surface area (Å²) in [4.78, 5) is 10.2. The zero-order valence-electron chi connectivity index (χ0n) is 11.1. The monoisotopic (exact) mass is 264 g/mol. The van der Waals surface area contributed by atoms with E-state index in [2.05, 4.69) is 23.5 Å². The first kappa shape index (κ1) is 17.2. The lowest BCUT2D eigenvalue weighted by atomic mass is 10.3. The molecular formula is C15H20O4. The van der Waals surface area contributed by atoms with Crippen LogP contribution in [-0.2, 0) is 9.53 Å². The van der Waals surface area contributed by atoms with Crippen molar-refractivity contribution < 1.29 is 19.7 Å². The molecule has 0 bridgehead atoms. The Balaban J connectivity index is 3.58. The molecule has 0 heterocycles. The molecule has 0 rings (SSSR count).